The number of nitrogens with one attached hydrogen (secondary N) is 1. The first-order chi connectivity index (χ1) is 15.8. The third-order valence-electron chi connectivity index (χ3n) is 5.74. The first kappa shape index (κ1) is 21.7. The molecule has 0 aromatic heterocycles. The van der Waals surface area contributed by atoms with Crippen LogP contribution in [0, 0.1) is 0 Å². The molecule has 3 aromatic carbocycles. The third kappa shape index (κ3) is 3.44. The van der Waals surface area contributed by atoms with Crippen LogP contribution in [0.5, 0.6) is 17.2 Å². The van der Waals surface area contributed by atoms with Gasteiger partial charge < -0.3 is 24.8 Å². The maximum Gasteiger partial charge on any atom is 0.262 e. The number of benzene rings is 3. The van der Waals surface area contributed by atoms with Crippen molar-refractivity contribution in [1.29, 1.82) is 0 Å². The van der Waals surface area contributed by atoms with Crippen molar-refractivity contribution in [1.82, 2.24) is 0 Å². The van der Waals surface area contributed by atoms with Crippen LogP contribution >= 0.6 is 19.1 Å². The van der Waals surface area contributed by atoms with Crippen LogP contribution in [0.2, 0.25) is 0 Å². The van der Waals surface area contributed by atoms with E-state index in [9.17, 15) is 19.4 Å². The van der Waals surface area contributed by atoms with Gasteiger partial charge in [0.2, 0.25) is 11.7 Å². The molecule has 0 radical (unpaired) electrons. The molecule has 2 aliphatic rings. The highest BCUT2D eigenvalue weighted by atomic mass is 32.2. The van der Waals surface area contributed by atoms with Crippen LogP contribution in [0.1, 0.15) is 10.9 Å². The van der Waals surface area contributed by atoms with Crippen molar-refractivity contribution in [3.63, 3.8) is 0 Å². The Kier molecular flexibility index (Phi) is 5.28. The SMILES string of the molecule is COc1cc(C2SCC(=O)N2c2ccc3c(c2)P(=O)(O)c2ccccc2N3)cc(OC)c1O. The molecular formula is C23H21N2O6PS. The fourth-order valence-corrected chi connectivity index (χ4v) is 7.08. The van der Waals surface area contributed by atoms with Crippen molar-refractivity contribution in [2.45, 2.75) is 5.37 Å². The summed E-state index contributed by atoms with van der Waals surface area (Å²) in [6, 6.07) is 15.3. The van der Waals surface area contributed by atoms with Crippen molar-refractivity contribution in [2.24, 2.45) is 0 Å². The number of thioether (sulfide) groups is 1. The second-order valence-electron chi connectivity index (χ2n) is 7.62. The molecule has 1 fully saturated rings. The average molecular weight is 484 g/mol. The predicted octanol–water partition coefficient (Wildman–Crippen LogP) is 3.47. The smallest absolute Gasteiger partial charge is 0.262 e. The lowest BCUT2D eigenvalue weighted by molar-refractivity contribution is -0.115. The Morgan fingerprint density at radius 3 is 2.39 bits per heavy atom. The zero-order valence-corrected chi connectivity index (χ0v) is 19.5. The number of anilines is 3. The summed E-state index contributed by atoms with van der Waals surface area (Å²) < 4.78 is 24.0. The molecule has 3 aromatic rings. The number of aromatic hydroxyl groups is 1. The normalized spacial score (nSPS) is 21.2. The summed E-state index contributed by atoms with van der Waals surface area (Å²) >= 11 is 1.41. The lowest BCUT2D eigenvalue weighted by atomic mass is 10.1. The molecule has 0 aliphatic carbocycles. The summed E-state index contributed by atoms with van der Waals surface area (Å²) in [5.41, 5.74) is 2.34. The summed E-state index contributed by atoms with van der Waals surface area (Å²) in [7, 11) is -0.976. The number of fused-ring (bicyclic) bond motifs is 2. The number of carbonyl (C=O) groups excluding carboxylic acids is 1. The Morgan fingerprint density at radius 2 is 1.70 bits per heavy atom. The van der Waals surface area contributed by atoms with Crippen molar-refractivity contribution in [2.75, 3.05) is 30.2 Å². The Labute approximate surface area is 194 Å². The van der Waals surface area contributed by atoms with Gasteiger partial charge in [-0.15, -0.1) is 11.8 Å². The Bertz CT molecular complexity index is 1310. The topological polar surface area (TPSA) is 108 Å². The van der Waals surface area contributed by atoms with Gasteiger partial charge in [0.05, 0.1) is 42.0 Å². The highest BCUT2D eigenvalue weighted by molar-refractivity contribution is 8.00. The number of ether oxygens (including phenoxy) is 2. The van der Waals surface area contributed by atoms with Gasteiger partial charge in [-0.1, -0.05) is 12.1 Å². The fraction of sp³-hybridized carbons (Fsp3) is 0.174. The summed E-state index contributed by atoms with van der Waals surface area (Å²) in [4.78, 5) is 25.5. The molecule has 8 nitrogen and oxygen atoms in total. The maximum atomic E-state index is 13.4. The van der Waals surface area contributed by atoms with E-state index in [0.29, 0.717) is 27.9 Å². The number of hydrogen-bond acceptors (Lipinski definition) is 7. The van der Waals surface area contributed by atoms with Gasteiger partial charge in [-0.25, -0.2) is 0 Å². The second-order valence-corrected chi connectivity index (χ2v) is 10.8. The van der Waals surface area contributed by atoms with E-state index in [1.165, 1.54) is 26.0 Å². The molecule has 1 amide bonds. The van der Waals surface area contributed by atoms with Gasteiger partial charge in [-0.05, 0) is 48.0 Å². The number of phenols is 1. The zero-order chi connectivity index (χ0) is 23.3. The van der Waals surface area contributed by atoms with Crippen molar-refractivity contribution in [3.8, 4) is 17.2 Å². The zero-order valence-electron chi connectivity index (χ0n) is 17.8. The molecule has 0 saturated carbocycles. The van der Waals surface area contributed by atoms with Gasteiger partial charge in [-0.3, -0.25) is 14.3 Å². The molecule has 2 heterocycles. The standard InChI is InChI=1S/C23H21N2O6PS/c1-30-17-9-13(10-18(31-2)22(17)27)23-25(21(26)12-33-23)14-7-8-16-20(11-14)32(28,29)19-6-4-3-5-15(19)24-16/h3-11,23-24,27H,12H2,1-2H3,(H,28,29). The van der Waals surface area contributed by atoms with Crippen LogP contribution in [0.4, 0.5) is 17.1 Å². The van der Waals surface area contributed by atoms with Crippen LogP contribution in [0.15, 0.2) is 54.6 Å². The molecule has 170 valence electrons. The van der Waals surface area contributed by atoms with Gasteiger partial charge >= 0.3 is 0 Å². The Balaban J connectivity index is 1.59. The van der Waals surface area contributed by atoms with E-state index >= 15 is 0 Å². The summed E-state index contributed by atoms with van der Waals surface area (Å²) in [6.07, 6.45) is 0. The number of phenolic OH excluding ortho intramolecular Hbond substituents is 1. The van der Waals surface area contributed by atoms with Crippen LogP contribution in [-0.2, 0) is 9.36 Å². The van der Waals surface area contributed by atoms with Crippen LogP contribution in [0.25, 0.3) is 0 Å². The van der Waals surface area contributed by atoms with Gasteiger partial charge in [0.15, 0.2) is 11.5 Å². The average Bonchev–Trinajstić information content (AvgIpc) is 3.20. The highest BCUT2D eigenvalue weighted by Crippen LogP contribution is 2.50. The molecule has 2 atom stereocenters. The molecule has 3 N–H and O–H groups in total. The quantitative estimate of drug-likeness (QED) is 0.484. The van der Waals surface area contributed by atoms with E-state index in [2.05, 4.69) is 5.32 Å². The van der Waals surface area contributed by atoms with E-state index < -0.39 is 12.7 Å². The Hall–Kier alpha value is -3.13. The molecule has 0 spiro atoms. The number of carbonyl (C=O) groups is 1. The van der Waals surface area contributed by atoms with Crippen LogP contribution in [-0.4, -0.2) is 35.9 Å². The van der Waals surface area contributed by atoms with Crippen LogP contribution in [0.3, 0.4) is 0 Å². The van der Waals surface area contributed by atoms with Gasteiger partial charge in [0, 0.05) is 5.69 Å². The van der Waals surface area contributed by atoms with Gasteiger partial charge in [0.25, 0.3) is 7.37 Å². The number of rotatable bonds is 4. The number of para-hydroxylation sites is 1. The van der Waals surface area contributed by atoms with Crippen molar-refractivity contribution < 1.29 is 28.8 Å². The number of nitrogens with zero attached hydrogens (tertiary/aromatic N) is 1. The maximum absolute atomic E-state index is 13.4. The molecule has 10 heteroatoms. The fourth-order valence-electron chi connectivity index (χ4n) is 4.15. The Morgan fingerprint density at radius 1 is 1.03 bits per heavy atom. The molecule has 2 unspecified atom stereocenters. The minimum atomic E-state index is -3.86. The van der Waals surface area contributed by atoms with Crippen LogP contribution < -0.4 is 30.3 Å². The molecule has 33 heavy (non-hydrogen) atoms. The van der Waals surface area contributed by atoms with E-state index in [-0.39, 0.29) is 34.2 Å². The van der Waals surface area contributed by atoms with E-state index in [4.69, 9.17) is 9.47 Å². The van der Waals surface area contributed by atoms with Crippen molar-refractivity contribution >= 4 is 52.7 Å². The first-order valence-corrected chi connectivity index (χ1v) is 12.8. The minimum absolute atomic E-state index is 0.121. The largest absolute Gasteiger partial charge is 0.502 e. The molecule has 2 aliphatic heterocycles. The number of methoxy groups -OCH3 is 2. The predicted molar refractivity (Wildman–Crippen MR) is 129 cm³/mol. The lowest BCUT2D eigenvalue weighted by Gasteiger charge is -2.29. The highest BCUT2D eigenvalue weighted by Gasteiger charge is 2.38. The number of hydrogen-bond donors (Lipinski definition) is 3. The summed E-state index contributed by atoms with van der Waals surface area (Å²) in [5, 5.41) is 13.6. The van der Waals surface area contributed by atoms with E-state index in [0.717, 1.165) is 0 Å². The van der Waals surface area contributed by atoms with Crippen molar-refractivity contribution in [3.05, 3.63) is 60.2 Å². The molecule has 5 rings (SSSR count). The molecule has 1 saturated heterocycles. The van der Waals surface area contributed by atoms with E-state index in [1.54, 1.807) is 59.5 Å². The molecular weight excluding hydrogens is 463 g/mol. The molecule has 0 bridgehead atoms. The first-order valence-electron chi connectivity index (χ1n) is 10.1. The minimum Gasteiger partial charge on any atom is -0.502 e. The summed E-state index contributed by atoms with van der Waals surface area (Å²) in [6.45, 7) is 0. The third-order valence-corrected chi connectivity index (χ3v) is 9.02. The summed E-state index contributed by atoms with van der Waals surface area (Å²) in [5.74, 6) is 0.452. The lowest BCUT2D eigenvalue weighted by Crippen LogP contribution is -2.31. The van der Waals surface area contributed by atoms with E-state index in [1.807, 2.05) is 0 Å². The van der Waals surface area contributed by atoms with Gasteiger partial charge in [-0.2, -0.15) is 0 Å². The second kappa shape index (κ2) is 8.02. The number of amides is 1. The van der Waals surface area contributed by atoms with Gasteiger partial charge in [0.1, 0.15) is 5.37 Å². The monoisotopic (exact) mass is 484 g/mol.